The Labute approximate surface area is 259 Å². The van der Waals surface area contributed by atoms with E-state index in [1.54, 1.807) is 35.9 Å². The number of imidazole rings is 1. The van der Waals surface area contributed by atoms with Crippen LogP contribution in [0.5, 0.6) is 0 Å². The summed E-state index contributed by atoms with van der Waals surface area (Å²) in [6, 6.07) is 10.4. The zero-order valence-corrected chi connectivity index (χ0v) is 26.5. The summed E-state index contributed by atoms with van der Waals surface area (Å²) in [5.41, 5.74) is 5.20. The summed E-state index contributed by atoms with van der Waals surface area (Å²) in [6.07, 6.45) is 0.0621. The maximum atomic E-state index is 14.5. The van der Waals surface area contributed by atoms with Gasteiger partial charge in [-0.15, -0.1) is 0 Å². The molecule has 45 heavy (non-hydrogen) atoms. The van der Waals surface area contributed by atoms with E-state index in [-0.39, 0.29) is 28.2 Å². The number of anilines is 2. The van der Waals surface area contributed by atoms with Crippen molar-refractivity contribution in [2.75, 3.05) is 18.2 Å². The molecule has 1 saturated heterocycles. The van der Waals surface area contributed by atoms with E-state index < -0.39 is 28.3 Å². The molecule has 6 rings (SSSR count). The number of hydrogen-bond donors (Lipinski definition) is 1. The fraction of sp³-hybridized carbons (Fsp3) is 0.387. The third-order valence-corrected chi connectivity index (χ3v) is 8.95. The summed E-state index contributed by atoms with van der Waals surface area (Å²) in [7, 11) is -1.92. The number of nitrogens with one attached hydrogen (secondary N) is 1. The highest BCUT2D eigenvalue weighted by Crippen LogP contribution is 2.37. The standard InChI is InChI=1S/C31H34F2N8O3S/c1-17-12-21(35-19(3)34-17)15-22-16-25(28-30(36-22)41(31(38-28)29(32)33)27-8-6-7-11-44-27)37-23-10-9-20(14-26(23)45(5,42)43)24-13-18(2)40(4)39-24/h9-10,12-14,16,27,29H,6-8,11,15H2,1-5H3,(H,36,37). The Bertz CT molecular complexity index is 1980. The molecule has 5 heterocycles. The maximum Gasteiger partial charge on any atom is 0.295 e. The van der Waals surface area contributed by atoms with E-state index >= 15 is 0 Å². The van der Waals surface area contributed by atoms with Crippen LogP contribution >= 0.6 is 0 Å². The third kappa shape index (κ3) is 6.29. The Morgan fingerprint density at radius 1 is 1.00 bits per heavy atom. The number of hydrogen-bond acceptors (Lipinski definition) is 9. The average molecular weight is 637 g/mol. The zero-order chi connectivity index (χ0) is 32.0. The predicted molar refractivity (Wildman–Crippen MR) is 165 cm³/mol. The van der Waals surface area contributed by atoms with E-state index in [2.05, 4.69) is 25.4 Å². The highest BCUT2D eigenvalue weighted by atomic mass is 32.2. The van der Waals surface area contributed by atoms with Crippen molar-refractivity contribution in [3.05, 3.63) is 70.8 Å². The van der Waals surface area contributed by atoms with Crippen LogP contribution < -0.4 is 5.32 Å². The van der Waals surface area contributed by atoms with Crippen molar-refractivity contribution in [3.8, 4) is 11.3 Å². The van der Waals surface area contributed by atoms with Crippen molar-refractivity contribution in [1.29, 1.82) is 0 Å². The molecule has 1 aliphatic heterocycles. The molecular weight excluding hydrogens is 602 g/mol. The van der Waals surface area contributed by atoms with Crippen molar-refractivity contribution >= 4 is 32.4 Å². The van der Waals surface area contributed by atoms with Crippen molar-refractivity contribution in [2.45, 2.75) is 64.0 Å². The summed E-state index contributed by atoms with van der Waals surface area (Å²) >= 11 is 0. The predicted octanol–water partition coefficient (Wildman–Crippen LogP) is 5.92. The molecule has 1 aliphatic rings. The number of fused-ring (bicyclic) bond motifs is 1. The first-order valence-corrected chi connectivity index (χ1v) is 16.5. The van der Waals surface area contributed by atoms with Crippen LogP contribution in [0.1, 0.15) is 66.3 Å². The first-order valence-electron chi connectivity index (χ1n) is 14.6. The Morgan fingerprint density at radius 2 is 1.78 bits per heavy atom. The minimum Gasteiger partial charge on any atom is -0.358 e. The van der Waals surface area contributed by atoms with Crippen LogP contribution in [0.25, 0.3) is 22.4 Å². The van der Waals surface area contributed by atoms with Crippen LogP contribution in [0.15, 0.2) is 41.3 Å². The summed E-state index contributed by atoms with van der Waals surface area (Å²) in [6.45, 7) is 6.02. The van der Waals surface area contributed by atoms with Crippen molar-refractivity contribution in [1.82, 2.24) is 34.3 Å². The van der Waals surface area contributed by atoms with Gasteiger partial charge in [0.25, 0.3) is 6.43 Å². The number of aromatic nitrogens is 7. The number of aryl methyl sites for hydroxylation is 4. The van der Waals surface area contributed by atoms with Crippen molar-refractivity contribution < 1.29 is 21.9 Å². The van der Waals surface area contributed by atoms with Gasteiger partial charge in [-0.3, -0.25) is 9.25 Å². The van der Waals surface area contributed by atoms with E-state index in [1.165, 1.54) is 4.57 Å². The van der Waals surface area contributed by atoms with Crippen LogP contribution in [0, 0.1) is 20.8 Å². The first-order chi connectivity index (χ1) is 21.4. The number of pyridine rings is 1. The summed E-state index contributed by atoms with van der Waals surface area (Å²) < 4.78 is 64.1. The van der Waals surface area contributed by atoms with Gasteiger partial charge < -0.3 is 10.1 Å². The second kappa shape index (κ2) is 11.9. The molecule has 4 aromatic heterocycles. The fourth-order valence-electron chi connectivity index (χ4n) is 5.69. The Morgan fingerprint density at radius 3 is 2.42 bits per heavy atom. The Balaban J connectivity index is 1.52. The quantitative estimate of drug-likeness (QED) is 0.221. The highest BCUT2D eigenvalue weighted by Gasteiger charge is 2.29. The van der Waals surface area contributed by atoms with E-state index in [0.717, 1.165) is 30.5 Å². The van der Waals surface area contributed by atoms with Gasteiger partial charge in [-0.25, -0.2) is 37.1 Å². The van der Waals surface area contributed by atoms with E-state index in [0.29, 0.717) is 47.2 Å². The molecule has 0 aliphatic carbocycles. The lowest BCUT2D eigenvalue weighted by Gasteiger charge is -2.25. The lowest BCUT2D eigenvalue weighted by molar-refractivity contribution is -0.0363. The van der Waals surface area contributed by atoms with Crippen molar-refractivity contribution in [2.24, 2.45) is 7.05 Å². The molecule has 0 saturated carbocycles. The minimum atomic E-state index is -3.74. The maximum absolute atomic E-state index is 14.5. The van der Waals surface area contributed by atoms with E-state index in [1.807, 2.05) is 33.0 Å². The Hall–Kier alpha value is -4.30. The molecule has 0 bridgehead atoms. The molecule has 0 radical (unpaired) electrons. The number of rotatable bonds is 8. The van der Waals surface area contributed by atoms with Gasteiger partial charge in [0.15, 0.2) is 21.3 Å². The summed E-state index contributed by atoms with van der Waals surface area (Å²) in [4.78, 5) is 18.1. The van der Waals surface area contributed by atoms with E-state index in [4.69, 9.17) is 9.72 Å². The van der Waals surface area contributed by atoms with Gasteiger partial charge >= 0.3 is 0 Å². The number of nitrogens with zero attached hydrogens (tertiary/aromatic N) is 7. The summed E-state index contributed by atoms with van der Waals surface area (Å²) in [5, 5.41) is 7.69. The largest absolute Gasteiger partial charge is 0.358 e. The third-order valence-electron chi connectivity index (χ3n) is 7.81. The molecule has 0 spiro atoms. The summed E-state index contributed by atoms with van der Waals surface area (Å²) in [5.74, 6) is 0.147. The number of benzene rings is 1. The first kappa shape index (κ1) is 30.7. The van der Waals surface area contributed by atoms with Crippen LogP contribution in [-0.2, 0) is 28.0 Å². The highest BCUT2D eigenvalue weighted by molar-refractivity contribution is 7.90. The van der Waals surface area contributed by atoms with Gasteiger partial charge in [0, 0.05) is 43.3 Å². The van der Waals surface area contributed by atoms with Gasteiger partial charge in [0.05, 0.1) is 33.4 Å². The van der Waals surface area contributed by atoms with Gasteiger partial charge in [-0.2, -0.15) is 5.10 Å². The van der Waals surface area contributed by atoms with E-state index in [9.17, 15) is 17.2 Å². The molecule has 11 nitrogen and oxygen atoms in total. The second-order valence-electron chi connectivity index (χ2n) is 11.4. The lowest BCUT2D eigenvalue weighted by Crippen LogP contribution is -2.20. The molecular formula is C31H34F2N8O3S. The molecule has 1 atom stereocenters. The van der Waals surface area contributed by atoms with Crippen LogP contribution in [0.2, 0.25) is 0 Å². The van der Waals surface area contributed by atoms with Gasteiger partial charge in [-0.1, -0.05) is 6.07 Å². The normalized spacial score (nSPS) is 15.7. The van der Waals surface area contributed by atoms with Crippen LogP contribution in [-0.4, -0.2) is 55.6 Å². The molecule has 1 N–H and O–H groups in total. The molecule has 0 amide bonds. The second-order valence-corrected chi connectivity index (χ2v) is 13.4. The van der Waals surface area contributed by atoms with Gasteiger partial charge in [0.1, 0.15) is 17.6 Å². The SMILES string of the molecule is Cc1cc(Cc2cc(Nc3ccc(-c4cc(C)n(C)n4)cc3S(C)(=O)=O)c3nc(C(F)F)n(C4CCCCO4)c3n2)nc(C)n1. The van der Waals surface area contributed by atoms with Crippen molar-refractivity contribution in [3.63, 3.8) is 0 Å². The lowest BCUT2D eigenvalue weighted by atomic mass is 10.1. The number of alkyl halides is 2. The average Bonchev–Trinajstić information content (AvgIpc) is 3.52. The monoisotopic (exact) mass is 636 g/mol. The topological polar surface area (TPSA) is 130 Å². The molecule has 1 fully saturated rings. The minimum absolute atomic E-state index is 0.0287. The number of sulfone groups is 1. The molecule has 5 aromatic rings. The molecule has 1 unspecified atom stereocenters. The molecule has 14 heteroatoms. The fourth-order valence-corrected chi connectivity index (χ4v) is 6.55. The van der Waals surface area contributed by atoms with Crippen LogP contribution in [0.4, 0.5) is 20.2 Å². The molecule has 1 aromatic carbocycles. The van der Waals surface area contributed by atoms with Gasteiger partial charge in [0.2, 0.25) is 0 Å². The number of ether oxygens (including phenoxy) is 1. The van der Waals surface area contributed by atoms with Crippen LogP contribution in [0.3, 0.4) is 0 Å². The molecule has 236 valence electrons. The van der Waals surface area contributed by atoms with Gasteiger partial charge in [-0.05, 0) is 70.4 Å². The number of halogens is 2. The zero-order valence-electron chi connectivity index (χ0n) is 25.7. The smallest absolute Gasteiger partial charge is 0.295 e. The Kier molecular flexibility index (Phi) is 8.12.